The first-order valence-corrected chi connectivity index (χ1v) is 9.31. The normalized spacial score (nSPS) is 11.4. The minimum Gasteiger partial charge on any atom is -0.468 e. The summed E-state index contributed by atoms with van der Waals surface area (Å²) in [5.74, 6) is 1.36. The van der Waals surface area contributed by atoms with E-state index in [4.69, 9.17) is 15.9 Å². The second-order valence-electron chi connectivity index (χ2n) is 7.12. The summed E-state index contributed by atoms with van der Waals surface area (Å²) in [5.41, 5.74) is 2.26. The molecular weight excluding hydrogens is 352 g/mol. The topological polar surface area (TPSA) is 52.6 Å². The highest BCUT2D eigenvalue weighted by molar-refractivity contribution is 6.00. The number of esters is 2. The minimum absolute atomic E-state index is 0.116. The molecular formula is C24H30O4. The molecule has 0 unspecified atom stereocenters. The van der Waals surface area contributed by atoms with Gasteiger partial charge in [0, 0.05) is 12.0 Å². The summed E-state index contributed by atoms with van der Waals surface area (Å²) in [6, 6.07) is 7.26. The lowest BCUT2D eigenvalue weighted by molar-refractivity contribution is -0.168. The lowest BCUT2D eigenvalue weighted by Crippen LogP contribution is -2.43. The Balaban J connectivity index is 3.27. The highest BCUT2D eigenvalue weighted by Gasteiger charge is 2.48. The molecule has 0 N–H and O–H groups in total. The molecule has 0 spiro atoms. The molecule has 0 radical (unpaired) electrons. The Bertz CT molecular complexity index is 773. The van der Waals surface area contributed by atoms with Crippen molar-refractivity contribution >= 4 is 11.9 Å². The van der Waals surface area contributed by atoms with E-state index in [0.717, 1.165) is 24.0 Å². The molecule has 0 fully saturated rings. The molecule has 1 aromatic carbocycles. The molecule has 0 aliphatic heterocycles. The molecule has 0 bridgehead atoms. The van der Waals surface area contributed by atoms with Crippen molar-refractivity contribution in [2.24, 2.45) is 5.41 Å². The van der Waals surface area contributed by atoms with Crippen LogP contribution < -0.4 is 0 Å². The second kappa shape index (κ2) is 11.1. The first kappa shape index (κ1) is 23.2. The molecule has 4 nitrogen and oxygen atoms in total. The molecule has 0 aromatic heterocycles. The number of hydrogen-bond donors (Lipinski definition) is 0. The van der Waals surface area contributed by atoms with Crippen LogP contribution in [-0.4, -0.2) is 26.2 Å². The van der Waals surface area contributed by atoms with E-state index in [9.17, 15) is 9.59 Å². The molecule has 1 rings (SSSR count). The molecule has 0 aliphatic rings. The average molecular weight is 383 g/mol. The van der Waals surface area contributed by atoms with Crippen LogP contribution in [0.1, 0.15) is 51.2 Å². The zero-order valence-electron chi connectivity index (χ0n) is 17.5. The number of carbonyl (C=O) groups excluding carboxylic acids is 2. The van der Waals surface area contributed by atoms with Crippen molar-refractivity contribution in [2.45, 2.75) is 46.5 Å². The van der Waals surface area contributed by atoms with Gasteiger partial charge in [0.05, 0.1) is 14.2 Å². The third-order valence-electron chi connectivity index (χ3n) is 4.71. The SMILES string of the molecule is C#Cc1ccccc1CC(C/C=C(\C)CCC=C(C)C)(C(=O)OC)C(=O)OC. The maximum atomic E-state index is 12.7. The van der Waals surface area contributed by atoms with E-state index in [2.05, 4.69) is 25.8 Å². The van der Waals surface area contributed by atoms with Gasteiger partial charge in [0.2, 0.25) is 0 Å². The number of benzene rings is 1. The van der Waals surface area contributed by atoms with Gasteiger partial charge < -0.3 is 9.47 Å². The fourth-order valence-corrected chi connectivity index (χ4v) is 3.04. The standard InChI is InChI=1S/C24H30O4/c1-7-20-13-8-9-14-21(20)17-24(22(25)27-5,23(26)28-6)16-15-19(4)12-10-11-18(2)3/h1,8-9,11,13-15H,10,12,16-17H2,2-6H3/b19-15+. The molecule has 4 heteroatoms. The summed E-state index contributed by atoms with van der Waals surface area (Å²) in [6.07, 6.45) is 11.7. The number of carbonyl (C=O) groups is 2. The Hall–Kier alpha value is -2.80. The Morgan fingerprint density at radius 1 is 1.07 bits per heavy atom. The third-order valence-corrected chi connectivity index (χ3v) is 4.71. The summed E-state index contributed by atoms with van der Waals surface area (Å²) >= 11 is 0. The Labute approximate surface area is 168 Å². The molecule has 0 aliphatic carbocycles. The summed E-state index contributed by atoms with van der Waals surface area (Å²) in [7, 11) is 2.55. The van der Waals surface area contributed by atoms with E-state index in [0.29, 0.717) is 5.56 Å². The Morgan fingerprint density at radius 2 is 1.68 bits per heavy atom. The zero-order chi connectivity index (χ0) is 21.2. The molecule has 0 atom stereocenters. The van der Waals surface area contributed by atoms with Crippen molar-refractivity contribution in [1.82, 2.24) is 0 Å². The van der Waals surface area contributed by atoms with Crippen molar-refractivity contribution < 1.29 is 19.1 Å². The summed E-state index contributed by atoms with van der Waals surface area (Å²) in [6.45, 7) is 6.11. The van der Waals surface area contributed by atoms with Gasteiger partial charge in [-0.25, -0.2) is 0 Å². The van der Waals surface area contributed by atoms with E-state index < -0.39 is 17.4 Å². The van der Waals surface area contributed by atoms with Crippen LogP contribution in [0.25, 0.3) is 0 Å². The molecule has 150 valence electrons. The van der Waals surface area contributed by atoms with Gasteiger partial charge in [0.1, 0.15) is 0 Å². The largest absolute Gasteiger partial charge is 0.468 e. The zero-order valence-corrected chi connectivity index (χ0v) is 17.5. The molecule has 0 heterocycles. The predicted molar refractivity (Wildman–Crippen MR) is 112 cm³/mol. The quantitative estimate of drug-likeness (QED) is 0.270. The number of hydrogen-bond acceptors (Lipinski definition) is 4. The van der Waals surface area contributed by atoms with Crippen molar-refractivity contribution in [1.29, 1.82) is 0 Å². The van der Waals surface area contributed by atoms with Gasteiger partial charge >= 0.3 is 11.9 Å². The minimum atomic E-state index is -1.48. The van der Waals surface area contributed by atoms with Gasteiger partial charge in [-0.2, -0.15) is 0 Å². The Morgan fingerprint density at radius 3 is 2.21 bits per heavy atom. The molecule has 0 saturated heterocycles. The van der Waals surface area contributed by atoms with Crippen LogP contribution >= 0.6 is 0 Å². The molecule has 1 aromatic rings. The van der Waals surface area contributed by atoms with Crippen LogP contribution in [0.2, 0.25) is 0 Å². The van der Waals surface area contributed by atoms with Crippen molar-refractivity contribution in [2.75, 3.05) is 14.2 Å². The van der Waals surface area contributed by atoms with Gasteiger partial charge in [-0.05, 0) is 51.7 Å². The van der Waals surface area contributed by atoms with Gasteiger partial charge in [-0.1, -0.05) is 47.4 Å². The number of methoxy groups -OCH3 is 2. The third kappa shape index (κ3) is 6.13. The lowest BCUT2D eigenvalue weighted by Gasteiger charge is -2.28. The maximum Gasteiger partial charge on any atom is 0.323 e. The molecule has 28 heavy (non-hydrogen) atoms. The first-order valence-electron chi connectivity index (χ1n) is 9.31. The highest BCUT2D eigenvalue weighted by atomic mass is 16.5. The van der Waals surface area contributed by atoms with Crippen LogP contribution in [0.15, 0.2) is 47.6 Å². The number of rotatable bonds is 9. The highest BCUT2D eigenvalue weighted by Crippen LogP contribution is 2.33. The monoisotopic (exact) mass is 382 g/mol. The van der Waals surface area contributed by atoms with Gasteiger partial charge in [-0.15, -0.1) is 6.42 Å². The van der Waals surface area contributed by atoms with Crippen molar-refractivity contribution in [3.05, 3.63) is 58.7 Å². The van der Waals surface area contributed by atoms with Crippen LogP contribution in [0.5, 0.6) is 0 Å². The fourth-order valence-electron chi connectivity index (χ4n) is 3.04. The number of allylic oxidation sites excluding steroid dienone is 4. The predicted octanol–water partition coefficient (Wildman–Crippen LogP) is 4.63. The van der Waals surface area contributed by atoms with E-state index in [1.165, 1.54) is 19.8 Å². The van der Waals surface area contributed by atoms with Gasteiger partial charge in [0.15, 0.2) is 5.41 Å². The van der Waals surface area contributed by atoms with Gasteiger partial charge in [0.25, 0.3) is 0 Å². The van der Waals surface area contributed by atoms with E-state index in [1.807, 2.05) is 31.2 Å². The van der Waals surface area contributed by atoms with E-state index >= 15 is 0 Å². The van der Waals surface area contributed by atoms with Crippen molar-refractivity contribution in [3.63, 3.8) is 0 Å². The fraction of sp³-hybridized carbons (Fsp3) is 0.417. The van der Waals surface area contributed by atoms with E-state index in [1.54, 1.807) is 6.07 Å². The van der Waals surface area contributed by atoms with E-state index in [-0.39, 0.29) is 12.8 Å². The maximum absolute atomic E-state index is 12.7. The number of terminal acetylenes is 1. The van der Waals surface area contributed by atoms with Gasteiger partial charge in [-0.3, -0.25) is 9.59 Å². The average Bonchev–Trinajstić information content (AvgIpc) is 2.69. The Kier molecular flexibility index (Phi) is 9.24. The smallest absolute Gasteiger partial charge is 0.323 e. The number of ether oxygens (including phenoxy) is 2. The lowest BCUT2D eigenvalue weighted by atomic mass is 9.77. The van der Waals surface area contributed by atoms with Crippen LogP contribution in [0.3, 0.4) is 0 Å². The van der Waals surface area contributed by atoms with Crippen molar-refractivity contribution in [3.8, 4) is 12.3 Å². The summed E-state index contributed by atoms with van der Waals surface area (Å²) in [5, 5.41) is 0. The summed E-state index contributed by atoms with van der Waals surface area (Å²) < 4.78 is 10.00. The second-order valence-corrected chi connectivity index (χ2v) is 7.12. The molecule has 0 amide bonds. The first-order chi connectivity index (χ1) is 13.3. The molecule has 0 saturated carbocycles. The van der Waals surface area contributed by atoms with Crippen LogP contribution in [0.4, 0.5) is 0 Å². The van der Waals surface area contributed by atoms with Crippen LogP contribution in [0, 0.1) is 17.8 Å². The van der Waals surface area contributed by atoms with Crippen LogP contribution in [-0.2, 0) is 25.5 Å². The summed E-state index contributed by atoms with van der Waals surface area (Å²) in [4.78, 5) is 25.5.